The Hall–Kier alpha value is -2.64. The van der Waals surface area contributed by atoms with Crippen LogP contribution in [0.1, 0.15) is 12.6 Å². The van der Waals surface area contributed by atoms with E-state index in [4.69, 9.17) is 5.73 Å². The summed E-state index contributed by atoms with van der Waals surface area (Å²) >= 11 is 3.98. The van der Waals surface area contributed by atoms with E-state index in [1.54, 1.807) is 0 Å². The van der Waals surface area contributed by atoms with Gasteiger partial charge in [-0.3, -0.25) is 14.4 Å². The molecule has 1 aromatic heterocycles. The molecule has 1 rings (SSSR count). The monoisotopic (exact) mass is 416 g/mol. The Morgan fingerprint density at radius 1 is 1.25 bits per heavy atom. The highest BCUT2D eigenvalue weighted by molar-refractivity contribution is 7.80. The standard InChI is InChI=1S/C15H24N6O6S/c1-7(22)12(16)14(25)18-4-11(23)20-10(5-28)13(24)21-9(15(26)27)2-8-3-17-6-19-8/h3,6-7,9-10,12,22,28H,2,4-5,16H2,1H3,(H,17,19)(H,18,25)(H,20,23)(H,21,24)(H,26,27). The topological polar surface area (TPSA) is 200 Å². The average Bonchev–Trinajstić information content (AvgIpc) is 3.15. The van der Waals surface area contributed by atoms with E-state index in [-0.39, 0.29) is 12.2 Å². The van der Waals surface area contributed by atoms with Gasteiger partial charge in [-0.2, -0.15) is 12.6 Å². The second kappa shape index (κ2) is 11.3. The maximum absolute atomic E-state index is 12.3. The molecule has 156 valence electrons. The number of carbonyl (C=O) groups is 4. The number of nitrogens with zero attached hydrogens (tertiary/aromatic N) is 1. The van der Waals surface area contributed by atoms with Crippen LogP contribution < -0.4 is 21.7 Å². The summed E-state index contributed by atoms with van der Waals surface area (Å²) in [4.78, 5) is 53.7. The van der Waals surface area contributed by atoms with E-state index in [2.05, 4.69) is 38.5 Å². The largest absolute Gasteiger partial charge is 0.480 e. The van der Waals surface area contributed by atoms with E-state index < -0.39 is 54.5 Å². The fourth-order valence-electron chi connectivity index (χ4n) is 2.03. The first-order valence-electron chi connectivity index (χ1n) is 8.27. The molecule has 13 heteroatoms. The van der Waals surface area contributed by atoms with Crippen molar-refractivity contribution in [1.82, 2.24) is 25.9 Å². The van der Waals surface area contributed by atoms with Crippen LogP contribution in [0.15, 0.2) is 12.5 Å². The molecule has 0 fully saturated rings. The van der Waals surface area contributed by atoms with Crippen LogP contribution in [0.5, 0.6) is 0 Å². The lowest BCUT2D eigenvalue weighted by Crippen LogP contribution is -2.55. The number of aliphatic hydroxyl groups is 1. The number of nitrogens with two attached hydrogens (primary N) is 1. The van der Waals surface area contributed by atoms with Crippen LogP contribution in [0.2, 0.25) is 0 Å². The number of H-pyrrole nitrogens is 1. The van der Waals surface area contributed by atoms with Crippen molar-refractivity contribution in [3.8, 4) is 0 Å². The third-order valence-electron chi connectivity index (χ3n) is 3.67. The van der Waals surface area contributed by atoms with Crippen LogP contribution in [-0.4, -0.2) is 80.4 Å². The summed E-state index contributed by atoms with van der Waals surface area (Å²) in [5.41, 5.74) is 5.94. The number of carbonyl (C=O) groups excluding carboxylic acids is 3. The van der Waals surface area contributed by atoms with Crippen LogP contribution in [0.25, 0.3) is 0 Å². The fraction of sp³-hybridized carbons (Fsp3) is 0.533. The van der Waals surface area contributed by atoms with Gasteiger partial charge in [0.15, 0.2) is 0 Å². The van der Waals surface area contributed by atoms with Crippen LogP contribution in [0.3, 0.4) is 0 Å². The fourth-order valence-corrected chi connectivity index (χ4v) is 2.29. The highest BCUT2D eigenvalue weighted by Crippen LogP contribution is 2.00. The van der Waals surface area contributed by atoms with Crippen molar-refractivity contribution in [3.05, 3.63) is 18.2 Å². The number of imidazole rings is 1. The number of amides is 3. The first-order chi connectivity index (χ1) is 13.1. The molecule has 4 atom stereocenters. The normalized spacial score (nSPS) is 15.0. The van der Waals surface area contributed by atoms with Gasteiger partial charge in [0, 0.05) is 24.1 Å². The molecule has 8 N–H and O–H groups in total. The Labute approximate surface area is 166 Å². The van der Waals surface area contributed by atoms with E-state index in [1.807, 2.05) is 0 Å². The summed E-state index contributed by atoms with van der Waals surface area (Å²) in [7, 11) is 0. The number of aromatic nitrogens is 2. The summed E-state index contributed by atoms with van der Waals surface area (Å²) in [5.74, 6) is -3.55. The molecular formula is C15H24N6O6S. The zero-order valence-electron chi connectivity index (χ0n) is 15.1. The smallest absolute Gasteiger partial charge is 0.326 e. The van der Waals surface area contributed by atoms with E-state index in [0.29, 0.717) is 5.69 Å². The van der Waals surface area contributed by atoms with Gasteiger partial charge in [-0.1, -0.05) is 0 Å². The molecule has 1 heterocycles. The first kappa shape index (κ1) is 23.4. The number of aliphatic hydroxyl groups excluding tert-OH is 1. The maximum Gasteiger partial charge on any atom is 0.326 e. The van der Waals surface area contributed by atoms with Gasteiger partial charge in [-0.15, -0.1) is 0 Å². The number of hydrogen-bond acceptors (Lipinski definition) is 8. The quantitative estimate of drug-likeness (QED) is 0.172. The summed E-state index contributed by atoms with van der Waals surface area (Å²) in [6.07, 6.45) is 1.69. The van der Waals surface area contributed by atoms with Crippen molar-refractivity contribution in [2.45, 2.75) is 37.6 Å². The van der Waals surface area contributed by atoms with Gasteiger partial charge in [0.2, 0.25) is 17.7 Å². The van der Waals surface area contributed by atoms with Gasteiger partial charge in [0.1, 0.15) is 18.1 Å². The van der Waals surface area contributed by atoms with Gasteiger partial charge in [0.05, 0.1) is 19.0 Å². The Balaban J connectivity index is 2.58. The Morgan fingerprint density at radius 3 is 2.43 bits per heavy atom. The van der Waals surface area contributed by atoms with Crippen molar-refractivity contribution in [1.29, 1.82) is 0 Å². The van der Waals surface area contributed by atoms with Crippen molar-refractivity contribution < 1.29 is 29.4 Å². The van der Waals surface area contributed by atoms with E-state index >= 15 is 0 Å². The first-order valence-corrected chi connectivity index (χ1v) is 8.91. The van der Waals surface area contributed by atoms with Crippen molar-refractivity contribution >= 4 is 36.3 Å². The van der Waals surface area contributed by atoms with Crippen LogP contribution in [0, 0.1) is 0 Å². The van der Waals surface area contributed by atoms with Gasteiger partial charge >= 0.3 is 5.97 Å². The van der Waals surface area contributed by atoms with Crippen molar-refractivity contribution in [2.75, 3.05) is 12.3 Å². The summed E-state index contributed by atoms with van der Waals surface area (Å²) in [5, 5.41) is 25.4. The minimum atomic E-state index is -1.26. The lowest BCUT2D eigenvalue weighted by Gasteiger charge is -2.20. The highest BCUT2D eigenvalue weighted by Gasteiger charge is 2.27. The Kier molecular flexibility index (Phi) is 9.41. The van der Waals surface area contributed by atoms with Crippen LogP contribution in [0.4, 0.5) is 0 Å². The zero-order valence-corrected chi connectivity index (χ0v) is 16.0. The molecule has 1 aromatic rings. The van der Waals surface area contributed by atoms with Gasteiger partial charge < -0.3 is 36.9 Å². The molecule has 0 aliphatic heterocycles. The lowest BCUT2D eigenvalue weighted by molar-refractivity contribution is -0.142. The molecule has 0 radical (unpaired) electrons. The predicted molar refractivity (Wildman–Crippen MR) is 100 cm³/mol. The number of nitrogens with one attached hydrogen (secondary N) is 4. The minimum Gasteiger partial charge on any atom is -0.480 e. The summed E-state index contributed by atoms with van der Waals surface area (Å²) in [6, 6.07) is -3.56. The minimum absolute atomic E-state index is 0.0262. The SMILES string of the molecule is CC(O)C(N)C(=O)NCC(=O)NC(CS)C(=O)NC(Cc1cnc[nH]1)C(=O)O. The summed E-state index contributed by atoms with van der Waals surface area (Å²) in [6.45, 7) is 0.848. The number of rotatable bonds is 11. The molecule has 28 heavy (non-hydrogen) atoms. The van der Waals surface area contributed by atoms with Crippen molar-refractivity contribution in [3.63, 3.8) is 0 Å². The van der Waals surface area contributed by atoms with Crippen molar-refractivity contribution in [2.24, 2.45) is 5.73 Å². The van der Waals surface area contributed by atoms with Gasteiger partial charge in [-0.25, -0.2) is 9.78 Å². The molecule has 0 spiro atoms. The Bertz CT molecular complexity index is 683. The molecule has 0 bridgehead atoms. The lowest BCUT2D eigenvalue weighted by atomic mass is 10.1. The van der Waals surface area contributed by atoms with Gasteiger partial charge in [-0.05, 0) is 6.92 Å². The van der Waals surface area contributed by atoms with Crippen LogP contribution >= 0.6 is 12.6 Å². The third kappa shape index (κ3) is 7.54. The van der Waals surface area contributed by atoms with E-state index in [0.717, 1.165) is 0 Å². The third-order valence-corrected chi connectivity index (χ3v) is 4.04. The van der Waals surface area contributed by atoms with E-state index in [1.165, 1.54) is 19.4 Å². The van der Waals surface area contributed by atoms with E-state index in [9.17, 15) is 29.4 Å². The number of thiol groups is 1. The second-order valence-corrected chi connectivity index (χ2v) is 6.33. The van der Waals surface area contributed by atoms with Gasteiger partial charge in [0.25, 0.3) is 0 Å². The van der Waals surface area contributed by atoms with Crippen LogP contribution in [-0.2, 0) is 25.6 Å². The molecule has 0 saturated carbocycles. The highest BCUT2D eigenvalue weighted by atomic mass is 32.1. The zero-order chi connectivity index (χ0) is 21.3. The maximum atomic E-state index is 12.3. The number of hydrogen-bond donors (Lipinski definition) is 8. The molecule has 0 aromatic carbocycles. The number of carboxylic acids is 1. The number of carboxylic acid groups (broad SMARTS) is 1. The molecular weight excluding hydrogens is 392 g/mol. The molecule has 0 aliphatic rings. The Morgan fingerprint density at radius 2 is 1.93 bits per heavy atom. The average molecular weight is 416 g/mol. The number of aromatic amines is 1. The number of aliphatic carboxylic acids is 1. The molecule has 0 aliphatic carbocycles. The molecule has 3 amide bonds. The molecule has 12 nitrogen and oxygen atoms in total. The predicted octanol–water partition coefficient (Wildman–Crippen LogP) is -3.24. The summed E-state index contributed by atoms with van der Waals surface area (Å²) < 4.78 is 0. The molecule has 4 unspecified atom stereocenters. The molecule has 0 saturated heterocycles. The second-order valence-electron chi connectivity index (χ2n) is 5.97.